The van der Waals surface area contributed by atoms with Crippen molar-refractivity contribution in [2.24, 2.45) is 0 Å². The molecule has 0 radical (unpaired) electrons. The van der Waals surface area contributed by atoms with Crippen molar-refractivity contribution in [3.05, 3.63) is 65.0 Å². The molecule has 0 spiro atoms. The van der Waals surface area contributed by atoms with Crippen molar-refractivity contribution < 1.29 is 4.39 Å². The van der Waals surface area contributed by atoms with Crippen molar-refractivity contribution in [3.8, 4) is 12.1 Å². The lowest BCUT2D eigenvalue weighted by atomic mass is 10.1. The fourth-order valence-electron chi connectivity index (χ4n) is 1.62. The van der Waals surface area contributed by atoms with Gasteiger partial charge in [0, 0.05) is 6.54 Å². The van der Waals surface area contributed by atoms with Crippen LogP contribution in [0.15, 0.2) is 42.5 Å². The van der Waals surface area contributed by atoms with Gasteiger partial charge in [0.25, 0.3) is 0 Å². The number of rotatable bonds is 3. The molecule has 0 saturated carbocycles. The average Bonchev–Trinajstić information content (AvgIpc) is 2.46. The summed E-state index contributed by atoms with van der Waals surface area (Å²) >= 11 is 0. The van der Waals surface area contributed by atoms with Crippen molar-refractivity contribution in [2.75, 3.05) is 5.32 Å². The summed E-state index contributed by atoms with van der Waals surface area (Å²) in [5.41, 5.74) is 2.18. The first-order valence-corrected chi connectivity index (χ1v) is 5.65. The van der Waals surface area contributed by atoms with Gasteiger partial charge < -0.3 is 5.32 Å². The van der Waals surface area contributed by atoms with Crippen LogP contribution >= 0.6 is 0 Å². The topological polar surface area (TPSA) is 59.6 Å². The largest absolute Gasteiger partial charge is 0.379 e. The summed E-state index contributed by atoms with van der Waals surface area (Å²) in [6.45, 7) is 0.453. The molecule has 0 unspecified atom stereocenters. The van der Waals surface area contributed by atoms with Gasteiger partial charge in [-0.3, -0.25) is 0 Å². The van der Waals surface area contributed by atoms with E-state index in [1.54, 1.807) is 18.2 Å². The maximum atomic E-state index is 13.6. The quantitative estimate of drug-likeness (QED) is 0.911. The van der Waals surface area contributed by atoms with E-state index in [0.29, 0.717) is 23.4 Å². The molecule has 0 saturated heterocycles. The Bertz CT molecular complexity index is 663. The third-order valence-electron chi connectivity index (χ3n) is 2.66. The van der Waals surface area contributed by atoms with E-state index in [-0.39, 0.29) is 0 Å². The van der Waals surface area contributed by atoms with Crippen molar-refractivity contribution in [2.45, 2.75) is 6.54 Å². The molecule has 0 atom stereocenters. The Morgan fingerprint density at radius 3 is 2.16 bits per heavy atom. The first kappa shape index (κ1) is 12.6. The molecule has 0 aliphatic heterocycles. The normalized spacial score (nSPS) is 9.42. The molecule has 2 aromatic rings. The molecule has 92 valence electrons. The monoisotopic (exact) mass is 251 g/mol. The van der Waals surface area contributed by atoms with Crippen LogP contribution in [0.5, 0.6) is 0 Å². The molecule has 0 heterocycles. The lowest BCUT2D eigenvalue weighted by Crippen LogP contribution is -2.01. The van der Waals surface area contributed by atoms with Gasteiger partial charge in [0.2, 0.25) is 0 Å². The molecule has 0 amide bonds. The van der Waals surface area contributed by atoms with Gasteiger partial charge in [-0.05, 0) is 35.9 Å². The first-order chi connectivity index (χ1) is 9.22. The zero-order chi connectivity index (χ0) is 13.7. The number of nitrogens with one attached hydrogen (secondary N) is 1. The molecule has 1 N–H and O–H groups in total. The Labute approximate surface area is 110 Å². The molecule has 0 fully saturated rings. The third kappa shape index (κ3) is 3.08. The number of benzene rings is 2. The van der Waals surface area contributed by atoms with E-state index < -0.39 is 5.82 Å². The second-order valence-corrected chi connectivity index (χ2v) is 3.97. The van der Waals surface area contributed by atoms with E-state index in [1.807, 2.05) is 24.3 Å². The summed E-state index contributed by atoms with van der Waals surface area (Å²) < 4.78 is 13.6. The SMILES string of the molecule is N#Cc1ccc(CNc2ccc(C#N)cc2F)cc1. The lowest BCUT2D eigenvalue weighted by molar-refractivity contribution is 0.629. The summed E-state index contributed by atoms with van der Waals surface area (Å²) in [5, 5.41) is 20.3. The fraction of sp³-hybridized carbons (Fsp3) is 0.0667. The predicted octanol–water partition coefficient (Wildman–Crippen LogP) is 3.18. The maximum absolute atomic E-state index is 13.6. The van der Waals surface area contributed by atoms with Gasteiger partial charge in [-0.2, -0.15) is 10.5 Å². The summed E-state index contributed by atoms with van der Waals surface area (Å²) in [7, 11) is 0. The van der Waals surface area contributed by atoms with Crippen LogP contribution in [0.3, 0.4) is 0 Å². The Morgan fingerprint density at radius 2 is 1.58 bits per heavy atom. The molecule has 0 aliphatic rings. The minimum Gasteiger partial charge on any atom is -0.379 e. The molecule has 2 rings (SSSR count). The van der Waals surface area contributed by atoms with Crippen molar-refractivity contribution in [1.82, 2.24) is 0 Å². The van der Waals surface area contributed by atoms with Crippen LogP contribution < -0.4 is 5.32 Å². The Kier molecular flexibility index (Phi) is 3.75. The standard InChI is InChI=1S/C15H10FN3/c16-14-7-13(9-18)5-6-15(14)19-10-12-3-1-11(8-17)2-4-12/h1-7,19H,10H2. The van der Waals surface area contributed by atoms with Gasteiger partial charge in [-0.15, -0.1) is 0 Å². The average molecular weight is 251 g/mol. The molecular weight excluding hydrogens is 241 g/mol. The number of halogens is 1. The number of anilines is 1. The van der Waals surface area contributed by atoms with Crippen LogP contribution in [0, 0.1) is 28.5 Å². The summed E-state index contributed by atoms with van der Waals surface area (Å²) in [6, 6.07) is 15.3. The van der Waals surface area contributed by atoms with Crippen molar-refractivity contribution in [1.29, 1.82) is 10.5 Å². The molecule has 0 aromatic heterocycles. The maximum Gasteiger partial charge on any atom is 0.147 e. The molecule has 3 nitrogen and oxygen atoms in total. The van der Waals surface area contributed by atoms with Gasteiger partial charge in [0.1, 0.15) is 5.82 Å². The Hall–Kier alpha value is -2.85. The molecule has 0 bridgehead atoms. The Morgan fingerprint density at radius 1 is 0.947 bits per heavy atom. The van der Waals surface area contributed by atoms with Crippen LogP contribution in [0.1, 0.15) is 16.7 Å². The predicted molar refractivity (Wildman–Crippen MR) is 69.6 cm³/mol. The highest BCUT2D eigenvalue weighted by molar-refractivity contribution is 5.49. The highest BCUT2D eigenvalue weighted by atomic mass is 19.1. The van der Waals surface area contributed by atoms with E-state index in [1.165, 1.54) is 12.1 Å². The van der Waals surface area contributed by atoms with E-state index in [0.717, 1.165) is 5.56 Å². The molecule has 4 heteroatoms. The molecule has 19 heavy (non-hydrogen) atoms. The fourth-order valence-corrected chi connectivity index (χ4v) is 1.62. The van der Waals surface area contributed by atoms with E-state index >= 15 is 0 Å². The number of hydrogen-bond donors (Lipinski definition) is 1. The summed E-state index contributed by atoms with van der Waals surface area (Å²) in [5.74, 6) is -0.451. The van der Waals surface area contributed by atoms with E-state index in [9.17, 15) is 4.39 Å². The second-order valence-electron chi connectivity index (χ2n) is 3.97. The number of nitriles is 2. The van der Waals surface area contributed by atoms with Crippen LogP contribution in [-0.2, 0) is 6.54 Å². The summed E-state index contributed by atoms with van der Waals surface area (Å²) in [6.07, 6.45) is 0. The van der Waals surface area contributed by atoms with Crippen LogP contribution in [-0.4, -0.2) is 0 Å². The van der Waals surface area contributed by atoms with Gasteiger partial charge in [0.15, 0.2) is 0 Å². The van der Waals surface area contributed by atoms with Gasteiger partial charge in [-0.25, -0.2) is 4.39 Å². The molecule has 0 aliphatic carbocycles. The number of nitrogens with zero attached hydrogens (tertiary/aromatic N) is 2. The first-order valence-electron chi connectivity index (χ1n) is 5.65. The Balaban J connectivity index is 2.06. The molecule has 2 aromatic carbocycles. The highest BCUT2D eigenvalue weighted by Crippen LogP contribution is 2.16. The summed E-state index contributed by atoms with van der Waals surface area (Å²) in [4.78, 5) is 0. The van der Waals surface area contributed by atoms with E-state index in [2.05, 4.69) is 5.32 Å². The van der Waals surface area contributed by atoms with Crippen LogP contribution in [0.25, 0.3) is 0 Å². The van der Waals surface area contributed by atoms with Gasteiger partial charge >= 0.3 is 0 Å². The zero-order valence-corrected chi connectivity index (χ0v) is 10.0. The number of hydrogen-bond acceptors (Lipinski definition) is 3. The highest BCUT2D eigenvalue weighted by Gasteiger charge is 2.03. The lowest BCUT2D eigenvalue weighted by Gasteiger charge is -2.07. The third-order valence-corrected chi connectivity index (χ3v) is 2.66. The van der Waals surface area contributed by atoms with Crippen molar-refractivity contribution >= 4 is 5.69 Å². The van der Waals surface area contributed by atoms with Gasteiger partial charge in [0.05, 0.1) is 29.0 Å². The zero-order valence-electron chi connectivity index (χ0n) is 10.0. The van der Waals surface area contributed by atoms with Gasteiger partial charge in [-0.1, -0.05) is 12.1 Å². The van der Waals surface area contributed by atoms with Crippen LogP contribution in [0.2, 0.25) is 0 Å². The minimum absolute atomic E-state index is 0.293. The second kappa shape index (κ2) is 5.66. The van der Waals surface area contributed by atoms with Crippen molar-refractivity contribution in [3.63, 3.8) is 0 Å². The molecular formula is C15H10FN3. The van der Waals surface area contributed by atoms with E-state index in [4.69, 9.17) is 10.5 Å². The van der Waals surface area contributed by atoms with Crippen LogP contribution in [0.4, 0.5) is 10.1 Å². The minimum atomic E-state index is -0.451. The smallest absolute Gasteiger partial charge is 0.147 e.